The number of hydrogen-bond acceptors (Lipinski definition) is 3. The highest BCUT2D eigenvalue weighted by Gasteiger charge is 2.37. The van der Waals surface area contributed by atoms with Gasteiger partial charge in [0.2, 0.25) is 5.91 Å². The lowest BCUT2D eigenvalue weighted by Crippen LogP contribution is -2.51. The van der Waals surface area contributed by atoms with E-state index in [4.69, 9.17) is 9.47 Å². The number of likely N-dealkylation sites (tertiary alicyclic amines) is 1. The number of rotatable bonds is 4. The van der Waals surface area contributed by atoms with Crippen molar-refractivity contribution in [3.8, 4) is 0 Å². The maximum Gasteiger partial charge on any atom is 0.248 e. The Labute approximate surface area is 128 Å². The first kappa shape index (κ1) is 15.3. The summed E-state index contributed by atoms with van der Waals surface area (Å²) in [5, 5.41) is 0. The van der Waals surface area contributed by atoms with Gasteiger partial charge in [0.25, 0.3) is 0 Å². The fraction of sp³-hybridized carbons (Fsp3) is 0.941. The van der Waals surface area contributed by atoms with E-state index in [1.807, 2.05) is 0 Å². The van der Waals surface area contributed by atoms with Crippen LogP contribution in [0.3, 0.4) is 0 Å². The molecule has 3 rings (SSSR count). The quantitative estimate of drug-likeness (QED) is 0.800. The van der Waals surface area contributed by atoms with Crippen molar-refractivity contribution in [2.24, 2.45) is 11.8 Å². The van der Waals surface area contributed by atoms with E-state index in [0.29, 0.717) is 12.6 Å². The molecule has 21 heavy (non-hydrogen) atoms. The van der Waals surface area contributed by atoms with Crippen LogP contribution in [-0.2, 0) is 14.3 Å². The molecule has 0 N–H and O–H groups in total. The molecule has 0 radical (unpaired) electrons. The molecule has 0 aromatic rings. The zero-order valence-corrected chi connectivity index (χ0v) is 13.3. The summed E-state index contributed by atoms with van der Waals surface area (Å²) in [4.78, 5) is 14.6. The molecule has 4 nitrogen and oxygen atoms in total. The van der Waals surface area contributed by atoms with Crippen molar-refractivity contribution in [3.63, 3.8) is 0 Å². The molecule has 0 unspecified atom stereocenters. The molecule has 0 aromatic carbocycles. The van der Waals surface area contributed by atoms with E-state index in [-0.39, 0.29) is 18.6 Å². The SMILES string of the molecule is C[C@@H]1CC[C@@H]2[C@@H](CCCN2C(=O)COC[C@H]2CCCO2)C1. The van der Waals surface area contributed by atoms with Gasteiger partial charge in [0, 0.05) is 19.2 Å². The van der Waals surface area contributed by atoms with E-state index in [1.165, 1.54) is 25.7 Å². The van der Waals surface area contributed by atoms with Crippen LogP contribution in [0.2, 0.25) is 0 Å². The fourth-order valence-electron chi connectivity index (χ4n) is 4.34. The van der Waals surface area contributed by atoms with E-state index < -0.39 is 0 Å². The molecular formula is C17H29NO3. The average Bonchev–Trinajstić information content (AvgIpc) is 2.99. The number of carbonyl (C=O) groups is 1. The second kappa shape index (κ2) is 7.10. The largest absolute Gasteiger partial charge is 0.376 e. The molecule has 2 saturated heterocycles. The van der Waals surface area contributed by atoms with Gasteiger partial charge in [0.15, 0.2) is 0 Å². The van der Waals surface area contributed by atoms with Gasteiger partial charge in [0.1, 0.15) is 6.61 Å². The molecule has 120 valence electrons. The smallest absolute Gasteiger partial charge is 0.248 e. The van der Waals surface area contributed by atoms with Crippen LogP contribution in [-0.4, -0.2) is 49.3 Å². The first-order chi connectivity index (χ1) is 10.2. The molecule has 0 aromatic heterocycles. The molecule has 3 aliphatic rings. The Kier molecular flexibility index (Phi) is 5.17. The molecule has 0 spiro atoms. The van der Waals surface area contributed by atoms with Crippen LogP contribution in [0.5, 0.6) is 0 Å². The van der Waals surface area contributed by atoms with E-state index in [0.717, 1.165) is 44.2 Å². The van der Waals surface area contributed by atoms with Gasteiger partial charge in [-0.25, -0.2) is 0 Å². The number of ether oxygens (including phenoxy) is 2. The predicted molar refractivity (Wildman–Crippen MR) is 81.0 cm³/mol. The minimum absolute atomic E-state index is 0.192. The topological polar surface area (TPSA) is 38.8 Å². The monoisotopic (exact) mass is 295 g/mol. The summed E-state index contributed by atoms with van der Waals surface area (Å²) in [6.07, 6.45) is 8.61. The van der Waals surface area contributed by atoms with Crippen LogP contribution in [0.1, 0.15) is 51.9 Å². The normalized spacial score (nSPS) is 36.5. The lowest BCUT2D eigenvalue weighted by atomic mass is 9.74. The Morgan fingerprint density at radius 2 is 2.14 bits per heavy atom. The van der Waals surface area contributed by atoms with Crippen molar-refractivity contribution in [2.45, 2.75) is 64.0 Å². The van der Waals surface area contributed by atoms with Gasteiger partial charge in [-0.15, -0.1) is 0 Å². The Morgan fingerprint density at radius 3 is 2.95 bits per heavy atom. The van der Waals surface area contributed by atoms with Crippen molar-refractivity contribution < 1.29 is 14.3 Å². The Morgan fingerprint density at radius 1 is 1.24 bits per heavy atom. The molecular weight excluding hydrogens is 266 g/mol. The fourth-order valence-corrected chi connectivity index (χ4v) is 4.34. The van der Waals surface area contributed by atoms with Gasteiger partial charge in [-0.3, -0.25) is 4.79 Å². The maximum atomic E-state index is 12.5. The molecule has 1 aliphatic carbocycles. The van der Waals surface area contributed by atoms with Crippen LogP contribution in [0.15, 0.2) is 0 Å². The molecule has 1 saturated carbocycles. The van der Waals surface area contributed by atoms with Gasteiger partial charge in [-0.1, -0.05) is 6.92 Å². The molecule has 2 heterocycles. The van der Waals surface area contributed by atoms with Gasteiger partial charge in [0.05, 0.1) is 12.7 Å². The summed E-state index contributed by atoms with van der Waals surface area (Å²) >= 11 is 0. The third-order valence-corrected chi connectivity index (χ3v) is 5.45. The van der Waals surface area contributed by atoms with Crippen molar-refractivity contribution >= 4 is 5.91 Å². The van der Waals surface area contributed by atoms with Crippen molar-refractivity contribution in [1.82, 2.24) is 4.90 Å². The molecule has 4 atom stereocenters. The molecule has 4 heteroatoms. The zero-order chi connectivity index (χ0) is 14.7. The zero-order valence-electron chi connectivity index (χ0n) is 13.3. The van der Waals surface area contributed by atoms with E-state index >= 15 is 0 Å². The highest BCUT2D eigenvalue weighted by molar-refractivity contribution is 5.78. The summed E-state index contributed by atoms with van der Waals surface area (Å²) in [6.45, 7) is 4.93. The van der Waals surface area contributed by atoms with Gasteiger partial charge >= 0.3 is 0 Å². The van der Waals surface area contributed by atoms with Gasteiger partial charge < -0.3 is 14.4 Å². The maximum absolute atomic E-state index is 12.5. The van der Waals surface area contributed by atoms with Crippen molar-refractivity contribution in [3.05, 3.63) is 0 Å². The summed E-state index contributed by atoms with van der Waals surface area (Å²) in [5.41, 5.74) is 0. The summed E-state index contributed by atoms with van der Waals surface area (Å²) < 4.78 is 11.1. The molecule has 3 fully saturated rings. The standard InChI is InChI=1S/C17H29NO3/c1-13-6-7-16-14(10-13)4-2-8-18(16)17(19)12-20-11-15-5-3-9-21-15/h13-16H,2-12H2,1H3/t13-,14+,15-,16-/m1/s1. The number of carbonyl (C=O) groups excluding carboxylic acids is 1. The second-order valence-electron chi connectivity index (χ2n) is 7.13. The third-order valence-electron chi connectivity index (χ3n) is 5.45. The van der Waals surface area contributed by atoms with Crippen LogP contribution in [0.25, 0.3) is 0 Å². The Hall–Kier alpha value is -0.610. The number of piperidine rings is 1. The Balaban J connectivity index is 1.46. The van der Waals surface area contributed by atoms with E-state index in [9.17, 15) is 4.79 Å². The van der Waals surface area contributed by atoms with Crippen LogP contribution < -0.4 is 0 Å². The minimum atomic E-state index is 0.192. The van der Waals surface area contributed by atoms with E-state index in [1.54, 1.807) is 0 Å². The van der Waals surface area contributed by atoms with Gasteiger partial charge in [-0.05, 0) is 56.8 Å². The third kappa shape index (κ3) is 3.78. The second-order valence-corrected chi connectivity index (χ2v) is 7.13. The Bertz CT molecular complexity index is 354. The minimum Gasteiger partial charge on any atom is -0.376 e. The highest BCUT2D eigenvalue weighted by Crippen LogP contribution is 2.37. The van der Waals surface area contributed by atoms with E-state index in [2.05, 4.69) is 11.8 Å². The van der Waals surface area contributed by atoms with Crippen molar-refractivity contribution in [2.75, 3.05) is 26.4 Å². The lowest BCUT2D eigenvalue weighted by Gasteiger charge is -2.45. The lowest BCUT2D eigenvalue weighted by molar-refractivity contribution is -0.144. The first-order valence-electron chi connectivity index (χ1n) is 8.73. The summed E-state index contributed by atoms with van der Waals surface area (Å²) in [7, 11) is 0. The van der Waals surface area contributed by atoms with Gasteiger partial charge in [-0.2, -0.15) is 0 Å². The van der Waals surface area contributed by atoms with Crippen LogP contribution in [0, 0.1) is 11.8 Å². The van der Waals surface area contributed by atoms with Crippen molar-refractivity contribution in [1.29, 1.82) is 0 Å². The highest BCUT2D eigenvalue weighted by atomic mass is 16.5. The first-order valence-corrected chi connectivity index (χ1v) is 8.73. The summed E-state index contributed by atoms with van der Waals surface area (Å²) in [5.74, 6) is 1.75. The number of fused-ring (bicyclic) bond motifs is 1. The molecule has 1 amide bonds. The predicted octanol–water partition coefficient (Wildman–Crippen LogP) is 2.61. The molecule has 0 bridgehead atoms. The number of hydrogen-bond donors (Lipinski definition) is 0. The van der Waals surface area contributed by atoms with Crippen LogP contribution >= 0.6 is 0 Å². The average molecular weight is 295 g/mol. The number of amides is 1. The number of nitrogens with zero attached hydrogens (tertiary/aromatic N) is 1. The van der Waals surface area contributed by atoms with Crippen LogP contribution in [0.4, 0.5) is 0 Å². The molecule has 2 aliphatic heterocycles. The summed E-state index contributed by atoms with van der Waals surface area (Å²) in [6, 6.07) is 0.480.